The Labute approximate surface area is 104 Å². The van der Waals surface area contributed by atoms with Crippen LogP contribution < -0.4 is 4.42 Å². The molecule has 0 bridgehead atoms. The molecule has 1 rings (SSSR count). The van der Waals surface area contributed by atoms with E-state index in [4.69, 9.17) is 16.5 Å². The first-order valence-electron chi connectivity index (χ1n) is 5.01. The maximum absolute atomic E-state index is 13.2. The standard InChI is InChI=1S/C11H14ClFN2O2/c1-7-8(13)5-14-6-9(7)15(12)10(16)17-11(2,3)4/h5-6H,1-4H3. The molecule has 1 aromatic heterocycles. The van der Waals surface area contributed by atoms with Gasteiger partial charge in [0.1, 0.15) is 11.4 Å². The molecule has 6 heteroatoms. The van der Waals surface area contributed by atoms with E-state index in [1.54, 1.807) is 20.8 Å². The Balaban J connectivity index is 2.93. The van der Waals surface area contributed by atoms with Gasteiger partial charge in [-0.15, -0.1) is 0 Å². The summed E-state index contributed by atoms with van der Waals surface area (Å²) >= 11 is 5.79. The normalized spacial score (nSPS) is 11.2. The second-order valence-corrected chi connectivity index (χ2v) is 4.86. The summed E-state index contributed by atoms with van der Waals surface area (Å²) in [6, 6.07) is 0. The van der Waals surface area contributed by atoms with Gasteiger partial charge in [0.2, 0.25) is 0 Å². The summed E-state index contributed by atoms with van der Waals surface area (Å²) in [5.74, 6) is -0.531. The van der Waals surface area contributed by atoms with Crippen LogP contribution in [0.25, 0.3) is 0 Å². The van der Waals surface area contributed by atoms with Crippen LogP contribution in [0.2, 0.25) is 0 Å². The molecule has 0 unspecified atom stereocenters. The van der Waals surface area contributed by atoms with Crippen molar-refractivity contribution in [1.29, 1.82) is 0 Å². The van der Waals surface area contributed by atoms with E-state index in [-0.39, 0.29) is 11.3 Å². The highest BCUT2D eigenvalue weighted by Gasteiger charge is 2.24. The first-order chi connectivity index (χ1) is 7.72. The SMILES string of the molecule is Cc1c(F)cncc1N(Cl)C(=O)OC(C)(C)C. The molecular formula is C11H14ClFN2O2. The van der Waals surface area contributed by atoms with Crippen LogP contribution in [0, 0.1) is 12.7 Å². The molecule has 0 aromatic carbocycles. The number of ether oxygens (including phenoxy) is 1. The van der Waals surface area contributed by atoms with Crippen LogP contribution >= 0.6 is 11.8 Å². The molecule has 1 amide bonds. The Bertz CT molecular complexity index is 432. The van der Waals surface area contributed by atoms with Gasteiger partial charge in [-0.05, 0) is 27.7 Å². The number of hydrogen-bond donors (Lipinski definition) is 0. The number of hydrogen-bond acceptors (Lipinski definition) is 3. The third-order valence-electron chi connectivity index (χ3n) is 1.89. The quantitative estimate of drug-likeness (QED) is 0.727. The molecule has 0 aliphatic carbocycles. The molecule has 0 aliphatic rings. The number of rotatable bonds is 1. The molecule has 0 N–H and O–H groups in total. The number of carbonyl (C=O) groups excluding carboxylic acids is 1. The van der Waals surface area contributed by atoms with Crippen LogP contribution in [0.4, 0.5) is 14.9 Å². The van der Waals surface area contributed by atoms with Gasteiger partial charge < -0.3 is 4.74 Å². The van der Waals surface area contributed by atoms with Crippen LogP contribution in [0.15, 0.2) is 12.4 Å². The van der Waals surface area contributed by atoms with E-state index in [0.29, 0.717) is 0 Å². The minimum Gasteiger partial charge on any atom is -0.443 e. The zero-order chi connectivity index (χ0) is 13.2. The van der Waals surface area contributed by atoms with E-state index in [1.165, 1.54) is 13.1 Å². The average molecular weight is 261 g/mol. The fourth-order valence-corrected chi connectivity index (χ4v) is 1.29. The van der Waals surface area contributed by atoms with Crippen molar-refractivity contribution in [3.05, 3.63) is 23.8 Å². The van der Waals surface area contributed by atoms with Gasteiger partial charge in [-0.25, -0.2) is 9.18 Å². The van der Waals surface area contributed by atoms with E-state index < -0.39 is 17.5 Å². The highest BCUT2D eigenvalue weighted by atomic mass is 35.5. The minimum atomic E-state index is -0.769. The van der Waals surface area contributed by atoms with Gasteiger partial charge in [-0.1, -0.05) is 0 Å². The lowest BCUT2D eigenvalue weighted by molar-refractivity contribution is 0.0608. The minimum absolute atomic E-state index is 0.168. The largest absolute Gasteiger partial charge is 0.443 e. The lowest BCUT2D eigenvalue weighted by Gasteiger charge is -2.23. The molecule has 1 aromatic rings. The van der Waals surface area contributed by atoms with Crippen molar-refractivity contribution in [2.75, 3.05) is 4.42 Å². The third kappa shape index (κ3) is 3.56. The van der Waals surface area contributed by atoms with E-state index in [1.807, 2.05) is 0 Å². The van der Waals surface area contributed by atoms with Crippen LogP contribution in [0.5, 0.6) is 0 Å². The number of amides is 1. The number of nitrogens with zero attached hydrogens (tertiary/aromatic N) is 2. The van der Waals surface area contributed by atoms with Crippen LogP contribution in [0.3, 0.4) is 0 Å². The Hall–Kier alpha value is -1.36. The van der Waals surface area contributed by atoms with E-state index in [9.17, 15) is 9.18 Å². The molecule has 17 heavy (non-hydrogen) atoms. The van der Waals surface area contributed by atoms with Gasteiger partial charge in [-0.3, -0.25) is 4.98 Å². The highest BCUT2D eigenvalue weighted by Crippen LogP contribution is 2.24. The molecule has 0 atom stereocenters. The average Bonchev–Trinajstić information content (AvgIpc) is 2.18. The summed E-state index contributed by atoms with van der Waals surface area (Å²) in [6.45, 7) is 6.65. The van der Waals surface area contributed by atoms with Gasteiger partial charge in [-0.2, -0.15) is 4.42 Å². The van der Waals surface area contributed by atoms with E-state index >= 15 is 0 Å². The lowest BCUT2D eigenvalue weighted by Crippen LogP contribution is -2.31. The fraction of sp³-hybridized carbons (Fsp3) is 0.455. The summed E-state index contributed by atoms with van der Waals surface area (Å²) < 4.78 is 19.0. The van der Waals surface area contributed by atoms with Gasteiger partial charge in [0.15, 0.2) is 0 Å². The zero-order valence-corrected chi connectivity index (χ0v) is 10.9. The molecule has 0 aliphatic heterocycles. The molecule has 0 radical (unpaired) electrons. The summed E-state index contributed by atoms with van der Waals surface area (Å²) in [6.07, 6.45) is 1.59. The van der Waals surface area contributed by atoms with Crippen molar-refractivity contribution in [2.45, 2.75) is 33.3 Å². The molecule has 1 heterocycles. The lowest BCUT2D eigenvalue weighted by atomic mass is 10.2. The van der Waals surface area contributed by atoms with Crippen LogP contribution in [0.1, 0.15) is 26.3 Å². The zero-order valence-electron chi connectivity index (χ0n) is 10.1. The maximum Gasteiger partial charge on any atom is 0.429 e. The molecule has 0 spiro atoms. The van der Waals surface area contributed by atoms with Crippen LogP contribution in [-0.2, 0) is 4.74 Å². The van der Waals surface area contributed by atoms with Crippen molar-refractivity contribution in [1.82, 2.24) is 4.98 Å². The maximum atomic E-state index is 13.2. The fourth-order valence-electron chi connectivity index (χ4n) is 1.09. The third-order valence-corrected chi connectivity index (χ3v) is 2.21. The number of pyridine rings is 1. The number of anilines is 1. The predicted molar refractivity (Wildman–Crippen MR) is 63.5 cm³/mol. The van der Waals surface area contributed by atoms with Crippen LogP contribution in [-0.4, -0.2) is 16.7 Å². The van der Waals surface area contributed by atoms with Crippen molar-refractivity contribution in [2.24, 2.45) is 0 Å². The molecule has 0 fully saturated rings. The Morgan fingerprint density at radius 2 is 2.06 bits per heavy atom. The number of carbonyl (C=O) groups is 1. The van der Waals surface area contributed by atoms with E-state index in [0.717, 1.165) is 10.6 Å². The highest BCUT2D eigenvalue weighted by molar-refractivity contribution is 6.35. The topological polar surface area (TPSA) is 42.4 Å². The van der Waals surface area contributed by atoms with Crippen molar-refractivity contribution in [3.8, 4) is 0 Å². The molecular weight excluding hydrogens is 247 g/mol. The summed E-state index contributed by atoms with van der Waals surface area (Å²) in [5.41, 5.74) is -0.263. The molecule has 4 nitrogen and oxygen atoms in total. The molecule has 94 valence electrons. The van der Waals surface area contributed by atoms with Gasteiger partial charge in [0.25, 0.3) is 0 Å². The molecule has 0 saturated carbocycles. The number of halogens is 2. The summed E-state index contributed by atoms with van der Waals surface area (Å²) in [7, 11) is 0. The van der Waals surface area contributed by atoms with Gasteiger partial charge in [0.05, 0.1) is 18.1 Å². The predicted octanol–water partition coefficient (Wildman–Crippen LogP) is 3.42. The Morgan fingerprint density at radius 3 is 2.59 bits per heavy atom. The first kappa shape index (κ1) is 13.7. The van der Waals surface area contributed by atoms with Crippen molar-refractivity contribution >= 4 is 23.6 Å². The monoisotopic (exact) mass is 260 g/mol. The smallest absolute Gasteiger partial charge is 0.429 e. The first-order valence-corrected chi connectivity index (χ1v) is 5.35. The van der Waals surface area contributed by atoms with Gasteiger partial charge >= 0.3 is 6.09 Å². The van der Waals surface area contributed by atoms with Crippen molar-refractivity contribution < 1.29 is 13.9 Å². The number of aromatic nitrogens is 1. The van der Waals surface area contributed by atoms with E-state index in [2.05, 4.69) is 4.98 Å². The second kappa shape index (κ2) is 4.87. The van der Waals surface area contributed by atoms with Gasteiger partial charge in [0, 0.05) is 17.3 Å². The Kier molecular flexibility index (Phi) is 3.93. The molecule has 0 saturated heterocycles. The second-order valence-electron chi connectivity index (χ2n) is 4.53. The summed E-state index contributed by atoms with van der Waals surface area (Å²) in [5, 5.41) is 0. The summed E-state index contributed by atoms with van der Waals surface area (Å²) in [4.78, 5) is 15.3. The Morgan fingerprint density at radius 1 is 1.47 bits per heavy atom. The van der Waals surface area contributed by atoms with Crippen molar-refractivity contribution in [3.63, 3.8) is 0 Å².